The largest absolute Gasteiger partial charge is 0.490 e. The number of aryl methyl sites for hydroxylation is 1. The van der Waals surface area contributed by atoms with Crippen molar-refractivity contribution in [2.75, 3.05) is 12.4 Å². The first-order valence-electron chi connectivity index (χ1n) is 5.74. The van der Waals surface area contributed by atoms with Crippen molar-refractivity contribution in [3.8, 4) is 5.75 Å². The van der Waals surface area contributed by atoms with E-state index in [9.17, 15) is 0 Å². The summed E-state index contributed by atoms with van der Waals surface area (Å²) < 4.78 is 5.93. The van der Waals surface area contributed by atoms with Gasteiger partial charge in [0.2, 0.25) is 0 Å². The summed E-state index contributed by atoms with van der Waals surface area (Å²) in [4.78, 5) is 0. The van der Waals surface area contributed by atoms with E-state index in [1.54, 1.807) is 0 Å². The zero-order valence-electron chi connectivity index (χ0n) is 9.55. The van der Waals surface area contributed by atoms with E-state index < -0.39 is 0 Å². The van der Waals surface area contributed by atoms with Gasteiger partial charge < -0.3 is 10.1 Å². The van der Waals surface area contributed by atoms with Crippen LogP contribution in [0.3, 0.4) is 0 Å². The van der Waals surface area contributed by atoms with Crippen molar-refractivity contribution in [2.45, 2.75) is 38.7 Å². The van der Waals surface area contributed by atoms with Crippen LogP contribution < -0.4 is 10.1 Å². The number of ether oxygens (including phenoxy) is 1. The lowest BCUT2D eigenvalue weighted by Crippen LogP contribution is -2.10. The van der Waals surface area contributed by atoms with Crippen molar-refractivity contribution in [2.24, 2.45) is 0 Å². The minimum absolute atomic E-state index is 0.449. The predicted molar refractivity (Wildman–Crippen MR) is 63.6 cm³/mol. The lowest BCUT2D eigenvalue weighted by atomic mass is 10.2. The second kappa shape index (κ2) is 4.56. The maximum atomic E-state index is 5.93. The molecule has 2 heteroatoms. The molecule has 2 nitrogen and oxygen atoms in total. The van der Waals surface area contributed by atoms with Gasteiger partial charge in [-0.25, -0.2) is 0 Å². The highest BCUT2D eigenvalue weighted by Gasteiger charge is 2.16. The van der Waals surface area contributed by atoms with Gasteiger partial charge in [-0.15, -0.1) is 0 Å². The number of nitrogens with one attached hydrogen (secondary N) is 1. The van der Waals surface area contributed by atoms with Gasteiger partial charge in [0.15, 0.2) is 0 Å². The molecule has 2 rings (SSSR count). The molecule has 0 heterocycles. The Labute approximate surface area is 91.6 Å². The van der Waals surface area contributed by atoms with Crippen molar-refractivity contribution >= 4 is 5.69 Å². The molecule has 15 heavy (non-hydrogen) atoms. The van der Waals surface area contributed by atoms with Crippen molar-refractivity contribution in [3.05, 3.63) is 23.8 Å². The number of hydrogen-bond acceptors (Lipinski definition) is 2. The molecule has 0 unspecified atom stereocenters. The van der Waals surface area contributed by atoms with Gasteiger partial charge in [-0.1, -0.05) is 0 Å². The van der Waals surface area contributed by atoms with E-state index >= 15 is 0 Å². The Bertz CT molecular complexity index is 329. The topological polar surface area (TPSA) is 21.3 Å². The molecule has 0 spiro atoms. The van der Waals surface area contributed by atoms with Crippen LogP contribution in [-0.4, -0.2) is 13.2 Å². The van der Waals surface area contributed by atoms with E-state index in [-0.39, 0.29) is 0 Å². The van der Waals surface area contributed by atoms with Crippen LogP contribution in [0.2, 0.25) is 0 Å². The normalized spacial score (nSPS) is 16.7. The molecule has 0 saturated heterocycles. The molecule has 0 amide bonds. The van der Waals surface area contributed by atoms with Gasteiger partial charge in [-0.05, 0) is 56.4 Å². The van der Waals surface area contributed by atoms with Crippen LogP contribution in [0.15, 0.2) is 18.2 Å². The summed E-state index contributed by atoms with van der Waals surface area (Å²) in [7, 11) is 1.94. The summed E-state index contributed by atoms with van der Waals surface area (Å²) in [5.74, 6) is 1.01. The second-order valence-electron chi connectivity index (χ2n) is 4.25. The molecule has 0 radical (unpaired) electrons. The van der Waals surface area contributed by atoms with Crippen molar-refractivity contribution in [1.29, 1.82) is 0 Å². The van der Waals surface area contributed by atoms with Crippen LogP contribution in [0.1, 0.15) is 31.2 Å². The third kappa shape index (κ3) is 2.44. The Morgan fingerprint density at radius 1 is 1.27 bits per heavy atom. The smallest absolute Gasteiger partial charge is 0.120 e. The Kier molecular flexibility index (Phi) is 3.14. The van der Waals surface area contributed by atoms with E-state index in [0.29, 0.717) is 6.10 Å². The highest BCUT2D eigenvalue weighted by molar-refractivity contribution is 5.53. The fourth-order valence-electron chi connectivity index (χ4n) is 2.19. The van der Waals surface area contributed by atoms with Crippen LogP contribution >= 0.6 is 0 Å². The second-order valence-corrected chi connectivity index (χ2v) is 4.25. The Hall–Kier alpha value is -1.18. The van der Waals surface area contributed by atoms with E-state index in [0.717, 1.165) is 5.75 Å². The van der Waals surface area contributed by atoms with Crippen LogP contribution in [0.25, 0.3) is 0 Å². The predicted octanol–water partition coefficient (Wildman–Crippen LogP) is 3.36. The molecular weight excluding hydrogens is 186 g/mol. The van der Waals surface area contributed by atoms with Crippen molar-refractivity contribution in [3.63, 3.8) is 0 Å². The standard InChI is InChI=1S/C13H19NO/c1-10-9-12(7-8-13(10)14-2)15-11-5-3-4-6-11/h7-9,11,14H,3-6H2,1-2H3. The van der Waals surface area contributed by atoms with Gasteiger partial charge >= 0.3 is 0 Å². The molecule has 1 aliphatic carbocycles. The maximum Gasteiger partial charge on any atom is 0.120 e. The molecule has 0 atom stereocenters. The van der Waals surface area contributed by atoms with Crippen LogP contribution in [0.5, 0.6) is 5.75 Å². The summed E-state index contributed by atoms with van der Waals surface area (Å²) in [6.45, 7) is 2.10. The number of rotatable bonds is 3. The lowest BCUT2D eigenvalue weighted by molar-refractivity contribution is 0.210. The average molecular weight is 205 g/mol. The van der Waals surface area contributed by atoms with E-state index in [2.05, 4.69) is 30.4 Å². The monoisotopic (exact) mass is 205 g/mol. The quantitative estimate of drug-likeness (QED) is 0.817. The summed E-state index contributed by atoms with van der Waals surface area (Å²) in [6, 6.07) is 6.25. The van der Waals surface area contributed by atoms with E-state index in [4.69, 9.17) is 4.74 Å². The first-order chi connectivity index (χ1) is 7.29. The highest BCUT2D eigenvalue weighted by Crippen LogP contribution is 2.26. The lowest BCUT2D eigenvalue weighted by Gasteiger charge is -2.14. The molecule has 1 aromatic rings. The van der Waals surface area contributed by atoms with Gasteiger partial charge in [0.05, 0.1) is 6.10 Å². The minimum atomic E-state index is 0.449. The molecule has 1 N–H and O–H groups in total. The molecule has 1 aliphatic rings. The average Bonchev–Trinajstić information content (AvgIpc) is 2.71. The SMILES string of the molecule is CNc1ccc(OC2CCCC2)cc1C. The van der Waals surface area contributed by atoms with Gasteiger partial charge in [-0.2, -0.15) is 0 Å². The van der Waals surface area contributed by atoms with Gasteiger partial charge in [0, 0.05) is 12.7 Å². The molecule has 0 bridgehead atoms. The first-order valence-corrected chi connectivity index (χ1v) is 5.74. The number of benzene rings is 1. The Morgan fingerprint density at radius 2 is 2.00 bits per heavy atom. The van der Waals surface area contributed by atoms with Gasteiger partial charge in [-0.3, -0.25) is 0 Å². The molecule has 1 fully saturated rings. The van der Waals surface area contributed by atoms with Gasteiger partial charge in [0.25, 0.3) is 0 Å². The Balaban J connectivity index is 2.05. The third-order valence-electron chi connectivity index (χ3n) is 3.07. The fourth-order valence-corrected chi connectivity index (χ4v) is 2.19. The van der Waals surface area contributed by atoms with Gasteiger partial charge in [0.1, 0.15) is 5.75 Å². The third-order valence-corrected chi connectivity index (χ3v) is 3.07. The van der Waals surface area contributed by atoms with Crippen LogP contribution in [-0.2, 0) is 0 Å². The summed E-state index contributed by atoms with van der Waals surface area (Å²) in [6.07, 6.45) is 5.51. The molecular formula is C13H19NO. The zero-order valence-corrected chi connectivity index (χ0v) is 9.55. The number of anilines is 1. The number of hydrogen-bond donors (Lipinski definition) is 1. The molecule has 1 saturated carbocycles. The molecule has 0 aromatic heterocycles. The minimum Gasteiger partial charge on any atom is -0.490 e. The molecule has 1 aromatic carbocycles. The summed E-state index contributed by atoms with van der Waals surface area (Å²) in [5.41, 5.74) is 2.42. The first kappa shape index (κ1) is 10.3. The maximum absolute atomic E-state index is 5.93. The Morgan fingerprint density at radius 3 is 2.60 bits per heavy atom. The van der Waals surface area contributed by atoms with Crippen molar-refractivity contribution in [1.82, 2.24) is 0 Å². The molecule has 0 aliphatic heterocycles. The molecule has 82 valence electrons. The summed E-state index contributed by atoms with van der Waals surface area (Å²) in [5, 5.41) is 3.16. The van der Waals surface area contributed by atoms with E-state index in [1.807, 2.05) is 7.05 Å². The summed E-state index contributed by atoms with van der Waals surface area (Å²) >= 11 is 0. The van der Waals surface area contributed by atoms with E-state index in [1.165, 1.54) is 36.9 Å². The fraction of sp³-hybridized carbons (Fsp3) is 0.538. The van der Waals surface area contributed by atoms with Crippen LogP contribution in [0, 0.1) is 6.92 Å². The van der Waals surface area contributed by atoms with Crippen LogP contribution in [0.4, 0.5) is 5.69 Å². The zero-order chi connectivity index (χ0) is 10.7. The van der Waals surface area contributed by atoms with Crippen molar-refractivity contribution < 1.29 is 4.74 Å². The highest BCUT2D eigenvalue weighted by atomic mass is 16.5.